The van der Waals surface area contributed by atoms with Crippen molar-refractivity contribution in [1.82, 2.24) is 10.2 Å². The number of nitrogens with zero attached hydrogens (tertiary/aromatic N) is 1. The summed E-state index contributed by atoms with van der Waals surface area (Å²) < 4.78 is 0. The van der Waals surface area contributed by atoms with Crippen LogP contribution in [0.25, 0.3) is 0 Å². The molecule has 1 N–H and O–H groups in total. The molecular weight excluding hydrogens is 184 g/mol. The van der Waals surface area contributed by atoms with Gasteiger partial charge in [-0.05, 0) is 52.1 Å². The second kappa shape index (κ2) is 5.86. The lowest BCUT2D eigenvalue weighted by atomic mass is 10.0. The van der Waals surface area contributed by atoms with E-state index in [1.807, 2.05) is 0 Å². The van der Waals surface area contributed by atoms with Crippen molar-refractivity contribution in [2.24, 2.45) is 11.8 Å². The summed E-state index contributed by atoms with van der Waals surface area (Å²) in [5, 5.41) is 3.69. The number of hydrogen-bond acceptors (Lipinski definition) is 2. The minimum absolute atomic E-state index is 0.686. The van der Waals surface area contributed by atoms with Crippen LogP contribution in [0.4, 0.5) is 0 Å². The molecule has 90 valence electrons. The summed E-state index contributed by atoms with van der Waals surface area (Å²) in [7, 11) is 4.38. The Balaban J connectivity index is 2.23. The maximum absolute atomic E-state index is 3.69. The van der Waals surface area contributed by atoms with E-state index < -0.39 is 0 Å². The summed E-state index contributed by atoms with van der Waals surface area (Å²) in [6.07, 6.45) is 4.16. The number of rotatable bonds is 7. The van der Waals surface area contributed by atoms with Gasteiger partial charge in [0.1, 0.15) is 0 Å². The fourth-order valence-electron chi connectivity index (χ4n) is 2.11. The van der Waals surface area contributed by atoms with Gasteiger partial charge in [-0.2, -0.15) is 0 Å². The van der Waals surface area contributed by atoms with Gasteiger partial charge in [-0.1, -0.05) is 13.8 Å². The van der Waals surface area contributed by atoms with Crippen LogP contribution in [0, 0.1) is 11.8 Å². The van der Waals surface area contributed by atoms with E-state index >= 15 is 0 Å². The van der Waals surface area contributed by atoms with Crippen LogP contribution in [0.3, 0.4) is 0 Å². The molecule has 15 heavy (non-hydrogen) atoms. The molecule has 0 heterocycles. The normalized spacial score (nSPS) is 21.0. The van der Waals surface area contributed by atoms with E-state index in [9.17, 15) is 0 Å². The van der Waals surface area contributed by atoms with Gasteiger partial charge in [-0.3, -0.25) is 0 Å². The van der Waals surface area contributed by atoms with E-state index in [1.165, 1.54) is 19.3 Å². The molecule has 2 atom stereocenters. The van der Waals surface area contributed by atoms with E-state index in [0.29, 0.717) is 6.04 Å². The molecule has 1 fully saturated rings. The highest BCUT2D eigenvalue weighted by atomic mass is 15.1. The second-order valence-corrected chi connectivity index (χ2v) is 5.78. The SMILES string of the molecule is CC(C)CC(CNC(C)C1CC1)N(C)C. The third-order valence-electron chi connectivity index (χ3n) is 3.48. The van der Waals surface area contributed by atoms with Gasteiger partial charge < -0.3 is 10.2 Å². The van der Waals surface area contributed by atoms with Gasteiger partial charge >= 0.3 is 0 Å². The fourth-order valence-corrected chi connectivity index (χ4v) is 2.11. The highest BCUT2D eigenvalue weighted by Gasteiger charge is 2.28. The highest BCUT2D eigenvalue weighted by molar-refractivity contribution is 4.84. The topological polar surface area (TPSA) is 15.3 Å². The van der Waals surface area contributed by atoms with Crippen LogP contribution in [0.2, 0.25) is 0 Å². The summed E-state index contributed by atoms with van der Waals surface area (Å²) in [6.45, 7) is 8.09. The van der Waals surface area contributed by atoms with Crippen LogP contribution < -0.4 is 5.32 Å². The van der Waals surface area contributed by atoms with Crippen LogP contribution in [-0.2, 0) is 0 Å². The summed E-state index contributed by atoms with van der Waals surface area (Å²) in [5.74, 6) is 1.75. The molecule has 1 saturated carbocycles. The Morgan fingerprint density at radius 3 is 2.20 bits per heavy atom. The van der Waals surface area contributed by atoms with Crippen molar-refractivity contribution in [3.05, 3.63) is 0 Å². The molecule has 2 heteroatoms. The third kappa shape index (κ3) is 4.98. The van der Waals surface area contributed by atoms with E-state index in [0.717, 1.165) is 24.4 Å². The molecule has 2 unspecified atom stereocenters. The highest BCUT2D eigenvalue weighted by Crippen LogP contribution is 2.32. The average molecular weight is 212 g/mol. The predicted molar refractivity (Wildman–Crippen MR) is 67.1 cm³/mol. The zero-order valence-electron chi connectivity index (χ0n) is 11.1. The predicted octanol–water partition coefficient (Wildman–Crippen LogP) is 2.35. The Morgan fingerprint density at radius 1 is 1.20 bits per heavy atom. The standard InChI is InChI=1S/C13H28N2/c1-10(2)8-13(15(4)5)9-14-11(3)12-6-7-12/h10-14H,6-9H2,1-5H3. The Hall–Kier alpha value is -0.0800. The quantitative estimate of drug-likeness (QED) is 0.697. The van der Waals surface area contributed by atoms with Gasteiger partial charge in [-0.15, -0.1) is 0 Å². The number of hydrogen-bond donors (Lipinski definition) is 1. The Labute approximate surface area is 95.4 Å². The maximum atomic E-state index is 3.69. The fraction of sp³-hybridized carbons (Fsp3) is 1.00. The van der Waals surface area contributed by atoms with Crippen molar-refractivity contribution in [2.45, 2.75) is 52.1 Å². The zero-order chi connectivity index (χ0) is 11.4. The smallest absolute Gasteiger partial charge is 0.0217 e. The summed E-state index contributed by atoms with van der Waals surface area (Å²) in [4.78, 5) is 2.35. The minimum Gasteiger partial charge on any atom is -0.312 e. The molecule has 1 aliphatic rings. The minimum atomic E-state index is 0.686. The van der Waals surface area contributed by atoms with Gasteiger partial charge in [0.05, 0.1) is 0 Å². The number of likely N-dealkylation sites (N-methyl/N-ethyl adjacent to an activating group) is 1. The van der Waals surface area contributed by atoms with Gasteiger partial charge in [0.25, 0.3) is 0 Å². The van der Waals surface area contributed by atoms with Crippen molar-refractivity contribution in [3.63, 3.8) is 0 Å². The van der Waals surface area contributed by atoms with Gasteiger partial charge in [0.2, 0.25) is 0 Å². The first kappa shape index (κ1) is 13.0. The third-order valence-corrected chi connectivity index (χ3v) is 3.48. The van der Waals surface area contributed by atoms with Crippen molar-refractivity contribution in [2.75, 3.05) is 20.6 Å². The van der Waals surface area contributed by atoms with Gasteiger partial charge in [0, 0.05) is 18.6 Å². The lowest BCUT2D eigenvalue weighted by Crippen LogP contribution is -2.42. The summed E-state index contributed by atoms with van der Waals surface area (Å²) in [5.41, 5.74) is 0. The van der Waals surface area contributed by atoms with E-state index in [4.69, 9.17) is 0 Å². The van der Waals surface area contributed by atoms with Crippen molar-refractivity contribution < 1.29 is 0 Å². The van der Waals surface area contributed by atoms with Crippen LogP contribution in [0.5, 0.6) is 0 Å². The molecule has 0 saturated heterocycles. The zero-order valence-corrected chi connectivity index (χ0v) is 11.1. The largest absolute Gasteiger partial charge is 0.312 e. The van der Waals surface area contributed by atoms with Crippen LogP contribution >= 0.6 is 0 Å². The summed E-state index contributed by atoms with van der Waals surface area (Å²) >= 11 is 0. The van der Waals surface area contributed by atoms with Crippen LogP contribution in [0.15, 0.2) is 0 Å². The molecule has 0 aromatic carbocycles. The lowest BCUT2D eigenvalue weighted by Gasteiger charge is -2.28. The van der Waals surface area contributed by atoms with Crippen molar-refractivity contribution in [1.29, 1.82) is 0 Å². The Morgan fingerprint density at radius 2 is 1.80 bits per heavy atom. The summed E-state index contributed by atoms with van der Waals surface area (Å²) in [6, 6.07) is 1.41. The molecule has 0 aromatic rings. The first-order chi connectivity index (χ1) is 7.00. The lowest BCUT2D eigenvalue weighted by molar-refractivity contribution is 0.239. The van der Waals surface area contributed by atoms with Crippen molar-refractivity contribution in [3.8, 4) is 0 Å². The Kier molecular flexibility index (Phi) is 5.07. The van der Waals surface area contributed by atoms with Crippen LogP contribution in [-0.4, -0.2) is 37.6 Å². The molecule has 0 spiro atoms. The monoisotopic (exact) mass is 212 g/mol. The maximum Gasteiger partial charge on any atom is 0.0217 e. The van der Waals surface area contributed by atoms with Crippen molar-refractivity contribution >= 4 is 0 Å². The molecule has 0 aliphatic heterocycles. The molecule has 0 bridgehead atoms. The molecule has 2 nitrogen and oxygen atoms in total. The van der Waals surface area contributed by atoms with E-state index in [-0.39, 0.29) is 0 Å². The van der Waals surface area contributed by atoms with E-state index in [1.54, 1.807) is 0 Å². The first-order valence-corrected chi connectivity index (χ1v) is 6.40. The van der Waals surface area contributed by atoms with E-state index in [2.05, 4.69) is 45.1 Å². The molecule has 0 aromatic heterocycles. The number of nitrogens with one attached hydrogen (secondary N) is 1. The van der Waals surface area contributed by atoms with Gasteiger partial charge in [0.15, 0.2) is 0 Å². The average Bonchev–Trinajstić information content (AvgIpc) is 2.93. The Bertz CT molecular complexity index is 173. The second-order valence-electron chi connectivity index (χ2n) is 5.78. The molecule has 1 rings (SSSR count). The molecular formula is C13H28N2. The molecule has 1 aliphatic carbocycles. The first-order valence-electron chi connectivity index (χ1n) is 6.40. The van der Waals surface area contributed by atoms with Crippen LogP contribution in [0.1, 0.15) is 40.0 Å². The van der Waals surface area contributed by atoms with Gasteiger partial charge in [-0.25, -0.2) is 0 Å². The molecule has 0 radical (unpaired) electrons. The molecule has 0 amide bonds.